The topological polar surface area (TPSA) is 45.7 Å². The summed E-state index contributed by atoms with van der Waals surface area (Å²) in [4.78, 5) is 21.2. The van der Waals surface area contributed by atoms with Gasteiger partial charge in [0.05, 0.1) is 24.8 Å². The molecule has 0 radical (unpaired) electrons. The number of anilines is 1. The second-order valence-electron chi connectivity index (χ2n) is 7.47. The molecule has 2 aromatic carbocycles. The molecule has 0 saturated carbocycles. The van der Waals surface area contributed by atoms with Crippen LogP contribution in [-0.2, 0) is 17.4 Å². The molecule has 9 heteroatoms. The summed E-state index contributed by atoms with van der Waals surface area (Å²) in [7, 11) is 1.64. The lowest BCUT2D eigenvalue weighted by atomic mass is 10.1. The number of alkyl halides is 3. The maximum atomic E-state index is 12.7. The van der Waals surface area contributed by atoms with Crippen LogP contribution in [0.5, 0.6) is 5.75 Å². The first-order valence-electron chi connectivity index (χ1n) is 10.1. The highest BCUT2D eigenvalue weighted by molar-refractivity contribution is 7.13. The van der Waals surface area contributed by atoms with Crippen LogP contribution in [0.15, 0.2) is 53.9 Å². The van der Waals surface area contributed by atoms with Crippen molar-refractivity contribution in [2.24, 2.45) is 0 Å². The zero-order valence-electron chi connectivity index (χ0n) is 17.4. The quantitative estimate of drug-likeness (QED) is 0.551. The molecule has 1 saturated heterocycles. The molecule has 0 N–H and O–H groups in total. The number of hydrogen-bond acceptors (Lipinski definition) is 5. The van der Waals surface area contributed by atoms with E-state index in [1.807, 2.05) is 29.2 Å². The van der Waals surface area contributed by atoms with Gasteiger partial charge >= 0.3 is 6.18 Å². The summed E-state index contributed by atoms with van der Waals surface area (Å²) in [6.07, 6.45) is -4.19. The highest BCUT2D eigenvalue weighted by Gasteiger charge is 2.30. The van der Waals surface area contributed by atoms with E-state index in [1.54, 1.807) is 12.5 Å². The van der Waals surface area contributed by atoms with E-state index in [2.05, 4.69) is 9.88 Å². The number of methoxy groups -OCH3 is 1. The Kier molecular flexibility index (Phi) is 6.36. The Bertz CT molecular complexity index is 1070. The monoisotopic (exact) mass is 461 g/mol. The SMILES string of the molecule is COc1cccc(N2CCN(C(=O)Cc3csc(-c4ccc(C(F)(F)F)cc4)n3)CC2)c1. The molecule has 0 atom stereocenters. The minimum absolute atomic E-state index is 0.000406. The summed E-state index contributed by atoms with van der Waals surface area (Å²) >= 11 is 1.32. The van der Waals surface area contributed by atoms with E-state index in [1.165, 1.54) is 23.5 Å². The molecule has 3 aromatic rings. The van der Waals surface area contributed by atoms with Gasteiger partial charge in [-0.1, -0.05) is 18.2 Å². The van der Waals surface area contributed by atoms with Crippen LogP contribution in [0.25, 0.3) is 10.6 Å². The van der Waals surface area contributed by atoms with Crippen LogP contribution in [0.1, 0.15) is 11.3 Å². The van der Waals surface area contributed by atoms with Gasteiger partial charge in [0.15, 0.2) is 0 Å². The predicted molar refractivity (Wildman–Crippen MR) is 118 cm³/mol. The molecule has 2 heterocycles. The van der Waals surface area contributed by atoms with E-state index in [-0.39, 0.29) is 12.3 Å². The predicted octanol–water partition coefficient (Wildman–Crippen LogP) is 4.73. The summed E-state index contributed by atoms with van der Waals surface area (Å²) in [5, 5.41) is 2.39. The van der Waals surface area contributed by atoms with Gasteiger partial charge in [0.1, 0.15) is 10.8 Å². The van der Waals surface area contributed by atoms with Crippen LogP contribution >= 0.6 is 11.3 Å². The maximum Gasteiger partial charge on any atom is 0.416 e. The Hall–Kier alpha value is -3.07. The zero-order chi connectivity index (χ0) is 22.7. The van der Waals surface area contributed by atoms with Gasteiger partial charge in [-0.3, -0.25) is 4.79 Å². The summed E-state index contributed by atoms with van der Waals surface area (Å²) in [6.45, 7) is 2.69. The first kappa shape index (κ1) is 22.1. The number of amides is 1. The van der Waals surface area contributed by atoms with E-state index in [0.717, 1.165) is 36.7 Å². The third kappa shape index (κ3) is 5.04. The number of piperazine rings is 1. The second kappa shape index (κ2) is 9.20. The van der Waals surface area contributed by atoms with E-state index >= 15 is 0 Å². The average Bonchev–Trinajstić information content (AvgIpc) is 3.27. The highest BCUT2D eigenvalue weighted by atomic mass is 32.1. The number of halogens is 3. The molecule has 1 aliphatic heterocycles. The highest BCUT2D eigenvalue weighted by Crippen LogP contribution is 2.32. The van der Waals surface area contributed by atoms with Crippen LogP contribution in [0.4, 0.5) is 18.9 Å². The summed E-state index contributed by atoms with van der Waals surface area (Å²) in [5.74, 6) is 0.799. The number of hydrogen-bond donors (Lipinski definition) is 0. The Morgan fingerprint density at radius 1 is 1.09 bits per heavy atom. The van der Waals surface area contributed by atoms with Crippen molar-refractivity contribution >= 4 is 22.9 Å². The van der Waals surface area contributed by atoms with E-state index in [4.69, 9.17) is 4.74 Å². The molecule has 0 aliphatic carbocycles. The Morgan fingerprint density at radius 2 is 1.81 bits per heavy atom. The van der Waals surface area contributed by atoms with Crippen molar-refractivity contribution in [1.29, 1.82) is 0 Å². The molecule has 0 spiro atoms. The van der Waals surface area contributed by atoms with Crippen molar-refractivity contribution in [2.45, 2.75) is 12.6 Å². The molecule has 1 amide bonds. The van der Waals surface area contributed by atoms with Crippen LogP contribution < -0.4 is 9.64 Å². The van der Waals surface area contributed by atoms with Crippen molar-refractivity contribution in [2.75, 3.05) is 38.2 Å². The van der Waals surface area contributed by atoms with Crippen LogP contribution in [-0.4, -0.2) is 49.1 Å². The molecule has 32 heavy (non-hydrogen) atoms. The fraction of sp³-hybridized carbons (Fsp3) is 0.304. The first-order chi connectivity index (χ1) is 15.3. The average molecular weight is 462 g/mol. The number of aromatic nitrogens is 1. The number of thiazole rings is 1. The van der Waals surface area contributed by atoms with Gasteiger partial charge in [0.2, 0.25) is 5.91 Å². The number of carbonyl (C=O) groups excluding carboxylic acids is 1. The third-order valence-corrected chi connectivity index (χ3v) is 6.33. The van der Waals surface area contributed by atoms with Crippen molar-refractivity contribution in [3.63, 3.8) is 0 Å². The number of ether oxygens (including phenoxy) is 1. The zero-order valence-corrected chi connectivity index (χ0v) is 18.2. The molecule has 4 rings (SSSR count). The summed E-state index contributed by atoms with van der Waals surface area (Å²) in [6, 6.07) is 12.8. The van der Waals surface area contributed by atoms with Crippen molar-refractivity contribution in [1.82, 2.24) is 9.88 Å². The number of carbonyl (C=O) groups is 1. The largest absolute Gasteiger partial charge is 0.497 e. The van der Waals surface area contributed by atoms with Crippen LogP contribution in [0, 0.1) is 0 Å². The second-order valence-corrected chi connectivity index (χ2v) is 8.32. The van der Waals surface area contributed by atoms with Gasteiger partial charge in [-0.2, -0.15) is 13.2 Å². The van der Waals surface area contributed by atoms with E-state index < -0.39 is 11.7 Å². The molecule has 1 fully saturated rings. The third-order valence-electron chi connectivity index (χ3n) is 5.39. The lowest BCUT2D eigenvalue weighted by Gasteiger charge is -2.36. The fourth-order valence-electron chi connectivity index (χ4n) is 3.61. The van der Waals surface area contributed by atoms with Gasteiger partial charge < -0.3 is 14.5 Å². The van der Waals surface area contributed by atoms with Gasteiger partial charge in [-0.15, -0.1) is 11.3 Å². The number of rotatable bonds is 5. The minimum atomic E-state index is -4.37. The van der Waals surface area contributed by atoms with E-state index in [0.29, 0.717) is 29.4 Å². The maximum absolute atomic E-state index is 12.7. The standard InChI is InChI=1S/C23H22F3N3O2S/c1-31-20-4-2-3-19(14-20)28-9-11-29(12-10-28)21(30)13-18-15-32-22(27-18)16-5-7-17(8-6-16)23(24,25)26/h2-8,14-15H,9-13H2,1H3. The molecule has 168 valence electrons. The molecule has 1 aliphatic rings. The Labute approximate surface area is 188 Å². The Balaban J connectivity index is 1.34. The molecule has 5 nitrogen and oxygen atoms in total. The normalized spacial score (nSPS) is 14.5. The molecular formula is C23H22F3N3O2S. The lowest BCUT2D eigenvalue weighted by Crippen LogP contribution is -2.49. The molecule has 0 bridgehead atoms. The van der Waals surface area contributed by atoms with Crippen LogP contribution in [0.2, 0.25) is 0 Å². The number of benzene rings is 2. The summed E-state index contributed by atoms with van der Waals surface area (Å²) in [5.41, 5.74) is 1.61. The van der Waals surface area contributed by atoms with Crippen LogP contribution in [0.3, 0.4) is 0 Å². The Morgan fingerprint density at radius 3 is 2.47 bits per heavy atom. The smallest absolute Gasteiger partial charge is 0.416 e. The van der Waals surface area contributed by atoms with Crippen molar-refractivity contribution in [3.05, 3.63) is 65.2 Å². The van der Waals surface area contributed by atoms with Crippen molar-refractivity contribution in [3.8, 4) is 16.3 Å². The van der Waals surface area contributed by atoms with E-state index in [9.17, 15) is 18.0 Å². The van der Waals surface area contributed by atoms with Gasteiger partial charge in [-0.05, 0) is 24.3 Å². The first-order valence-corrected chi connectivity index (χ1v) is 11.0. The minimum Gasteiger partial charge on any atom is -0.497 e. The van der Waals surface area contributed by atoms with Gasteiger partial charge in [-0.25, -0.2) is 4.98 Å². The lowest BCUT2D eigenvalue weighted by molar-refractivity contribution is -0.137. The van der Waals surface area contributed by atoms with Gasteiger partial charge in [0, 0.05) is 48.9 Å². The molecular weight excluding hydrogens is 439 g/mol. The molecule has 1 aromatic heterocycles. The summed E-state index contributed by atoms with van der Waals surface area (Å²) < 4.78 is 43.5. The molecule has 0 unspecified atom stereocenters. The van der Waals surface area contributed by atoms with Gasteiger partial charge in [0.25, 0.3) is 0 Å². The van der Waals surface area contributed by atoms with Crippen molar-refractivity contribution < 1.29 is 22.7 Å². The fourth-order valence-corrected chi connectivity index (χ4v) is 4.44. The number of nitrogens with zero attached hydrogens (tertiary/aromatic N) is 3.